The van der Waals surface area contributed by atoms with Gasteiger partial charge in [0.25, 0.3) is 5.56 Å². The molecule has 31 heavy (non-hydrogen) atoms. The van der Waals surface area contributed by atoms with E-state index in [2.05, 4.69) is 5.10 Å². The lowest BCUT2D eigenvalue weighted by atomic mass is 10.1. The Morgan fingerprint density at radius 3 is 2.32 bits per heavy atom. The second kappa shape index (κ2) is 7.85. The van der Waals surface area contributed by atoms with Gasteiger partial charge in [-0.2, -0.15) is 5.10 Å². The molecule has 2 aromatic carbocycles. The summed E-state index contributed by atoms with van der Waals surface area (Å²) in [7, 11) is 0. The molecule has 0 spiro atoms. The van der Waals surface area contributed by atoms with E-state index in [1.807, 2.05) is 23.6 Å². The van der Waals surface area contributed by atoms with Crippen molar-refractivity contribution in [3.8, 4) is 5.69 Å². The van der Waals surface area contributed by atoms with E-state index < -0.39 is 18.1 Å². The van der Waals surface area contributed by atoms with Crippen molar-refractivity contribution in [2.45, 2.75) is 20.4 Å². The molecule has 0 N–H and O–H groups in total. The van der Waals surface area contributed by atoms with Crippen LogP contribution in [0.2, 0.25) is 5.02 Å². The Labute approximate surface area is 182 Å². The summed E-state index contributed by atoms with van der Waals surface area (Å²) < 4.78 is 2.79. The zero-order valence-corrected chi connectivity index (χ0v) is 17.5. The van der Waals surface area contributed by atoms with E-state index in [-0.39, 0.29) is 22.2 Å². The van der Waals surface area contributed by atoms with Crippen LogP contribution < -0.4 is 10.7 Å². The van der Waals surface area contributed by atoms with Crippen LogP contribution in [-0.2, 0) is 6.54 Å². The summed E-state index contributed by atoms with van der Waals surface area (Å²) >= 11 is 5.97. The van der Waals surface area contributed by atoms with Gasteiger partial charge in [-0.15, -0.1) is 0 Å². The quantitative estimate of drug-likeness (QED) is 0.450. The number of carbonyl (C=O) groups is 2. The van der Waals surface area contributed by atoms with Gasteiger partial charge in [0, 0.05) is 33.0 Å². The van der Waals surface area contributed by atoms with Gasteiger partial charge in [0.15, 0.2) is 5.78 Å². The molecule has 0 aliphatic heterocycles. The lowest BCUT2D eigenvalue weighted by molar-refractivity contribution is -0.255. The van der Waals surface area contributed by atoms with Gasteiger partial charge in [-0.05, 0) is 50.2 Å². The first-order valence-corrected chi connectivity index (χ1v) is 9.85. The predicted octanol–water partition coefficient (Wildman–Crippen LogP) is 2.70. The number of nitrogens with zero attached hydrogens (tertiary/aromatic N) is 3. The molecule has 0 unspecified atom stereocenters. The van der Waals surface area contributed by atoms with Crippen molar-refractivity contribution in [3.05, 3.63) is 92.6 Å². The average Bonchev–Trinajstić information content (AvgIpc) is 3.04. The molecular weight excluding hydrogens is 418 g/mol. The van der Waals surface area contributed by atoms with E-state index in [9.17, 15) is 19.5 Å². The molecule has 0 atom stereocenters. The highest BCUT2D eigenvalue weighted by Crippen LogP contribution is 2.23. The van der Waals surface area contributed by atoms with E-state index >= 15 is 0 Å². The van der Waals surface area contributed by atoms with Crippen LogP contribution >= 0.6 is 11.6 Å². The van der Waals surface area contributed by atoms with Crippen LogP contribution in [0.1, 0.15) is 32.2 Å². The lowest BCUT2D eigenvalue weighted by Gasteiger charge is -2.12. The molecule has 0 aliphatic carbocycles. The maximum Gasteiger partial charge on any atom is 0.275 e. The normalized spacial score (nSPS) is 11.1. The van der Waals surface area contributed by atoms with Crippen LogP contribution in [0, 0.1) is 13.8 Å². The lowest BCUT2D eigenvalue weighted by Crippen LogP contribution is -2.32. The van der Waals surface area contributed by atoms with Gasteiger partial charge < -0.3 is 14.5 Å². The number of rotatable bonds is 5. The largest absolute Gasteiger partial charge is 0.543 e. The number of hydrogen-bond donors (Lipinski definition) is 0. The third-order valence-electron chi connectivity index (χ3n) is 5.17. The van der Waals surface area contributed by atoms with Crippen LogP contribution in [0.15, 0.2) is 59.4 Å². The number of halogens is 1. The SMILES string of the molecule is Cc1cc(C(=O)Cn2nc(C(=O)[O-])c3ccccc3c2=O)c(C)n1-c1ccc(Cl)cc1. The number of carboxylic acid groups (broad SMARTS) is 1. The van der Waals surface area contributed by atoms with Crippen molar-refractivity contribution in [3.63, 3.8) is 0 Å². The standard InChI is InChI=1S/C23H18ClN3O4/c1-13-11-19(14(2)27(13)16-9-7-15(24)8-10-16)20(28)12-26-22(29)18-6-4-3-5-17(18)21(25-26)23(30)31/h3-11H,12H2,1-2H3,(H,30,31)/p-1. The highest BCUT2D eigenvalue weighted by atomic mass is 35.5. The minimum Gasteiger partial charge on any atom is -0.543 e. The first-order chi connectivity index (χ1) is 14.8. The molecule has 4 rings (SSSR count). The van der Waals surface area contributed by atoms with Crippen LogP contribution in [0.5, 0.6) is 0 Å². The number of hydrogen-bond acceptors (Lipinski definition) is 5. The third-order valence-corrected chi connectivity index (χ3v) is 5.42. The first kappa shape index (κ1) is 20.6. The Morgan fingerprint density at radius 1 is 1.03 bits per heavy atom. The van der Waals surface area contributed by atoms with Crippen LogP contribution in [0.3, 0.4) is 0 Å². The number of carboxylic acids is 1. The van der Waals surface area contributed by atoms with Crippen molar-refractivity contribution < 1.29 is 14.7 Å². The van der Waals surface area contributed by atoms with E-state index in [4.69, 9.17) is 11.6 Å². The Bertz CT molecular complexity index is 1400. The highest BCUT2D eigenvalue weighted by molar-refractivity contribution is 6.30. The topological polar surface area (TPSA) is 97.0 Å². The molecule has 0 fully saturated rings. The number of ketones is 1. The van der Waals surface area contributed by atoms with E-state index in [1.54, 1.807) is 37.3 Å². The number of carbonyl (C=O) groups excluding carboxylic acids is 2. The molecule has 0 amide bonds. The highest BCUT2D eigenvalue weighted by Gasteiger charge is 2.19. The fraction of sp³-hybridized carbons (Fsp3) is 0.130. The molecule has 156 valence electrons. The van der Waals surface area contributed by atoms with E-state index in [1.165, 1.54) is 12.1 Å². The number of benzene rings is 2. The first-order valence-electron chi connectivity index (χ1n) is 9.47. The second-order valence-corrected chi connectivity index (χ2v) is 7.60. The summed E-state index contributed by atoms with van der Waals surface area (Å²) in [5, 5.41) is 16.4. The minimum atomic E-state index is -1.52. The monoisotopic (exact) mass is 434 g/mol. The van der Waals surface area contributed by atoms with Crippen LogP contribution in [0.25, 0.3) is 16.5 Å². The summed E-state index contributed by atoms with van der Waals surface area (Å²) in [5.41, 5.74) is 1.87. The maximum absolute atomic E-state index is 13.1. The van der Waals surface area contributed by atoms with Crippen molar-refractivity contribution in [1.29, 1.82) is 0 Å². The van der Waals surface area contributed by atoms with Gasteiger partial charge in [0.2, 0.25) is 0 Å². The number of aryl methyl sites for hydroxylation is 1. The molecule has 4 aromatic rings. The minimum absolute atomic E-state index is 0.163. The fourth-order valence-corrected chi connectivity index (χ4v) is 3.87. The van der Waals surface area contributed by atoms with Crippen LogP contribution in [0.4, 0.5) is 0 Å². The molecule has 7 nitrogen and oxygen atoms in total. The zero-order chi connectivity index (χ0) is 22.3. The smallest absolute Gasteiger partial charge is 0.275 e. The fourth-order valence-electron chi connectivity index (χ4n) is 3.75. The molecule has 0 radical (unpaired) electrons. The van der Waals surface area contributed by atoms with E-state index in [0.717, 1.165) is 16.1 Å². The van der Waals surface area contributed by atoms with Crippen LogP contribution in [-0.4, -0.2) is 26.1 Å². The van der Waals surface area contributed by atoms with Gasteiger partial charge in [-0.25, -0.2) is 4.68 Å². The summed E-state index contributed by atoms with van der Waals surface area (Å²) in [6.07, 6.45) is 0. The van der Waals surface area contributed by atoms with Gasteiger partial charge >= 0.3 is 0 Å². The summed E-state index contributed by atoms with van der Waals surface area (Å²) in [6.45, 7) is 3.28. The molecule has 8 heteroatoms. The molecule has 0 saturated carbocycles. The van der Waals surface area contributed by atoms with Gasteiger partial charge in [0.1, 0.15) is 12.2 Å². The van der Waals surface area contributed by atoms with Crippen molar-refractivity contribution in [1.82, 2.24) is 14.3 Å². The van der Waals surface area contributed by atoms with Gasteiger partial charge in [0.05, 0.1) is 11.4 Å². The molecule has 0 bridgehead atoms. The maximum atomic E-state index is 13.1. The summed E-state index contributed by atoms with van der Waals surface area (Å²) in [5.74, 6) is -1.87. The second-order valence-electron chi connectivity index (χ2n) is 7.16. The molecule has 2 aromatic heterocycles. The Hall–Kier alpha value is -3.71. The molecular formula is C23H17ClN3O4-. The van der Waals surface area contributed by atoms with Gasteiger partial charge in [-0.3, -0.25) is 9.59 Å². The predicted molar refractivity (Wildman–Crippen MR) is 115 cm³/mol. The zero-order valence-electron chi connectivity index (χ0n) is 16.8. The summed E-state index contributed by atoms with van der Waals surface area (Å²) in [6, 6.07) is 15.2. The number of Topliss-reactive ketones (excluding diaryl/α,β-unsaturated/α-hetero) is 1. The van der Waals surface area contributed by atoms with Gasteiger partial charge in [-0.1, -0.05) is 29.8 Å². The summed E-state index contributed by atoms with van der Waals surface area (Å²) in [4.78, 5) is 37.4. The number of fused-ring (bicyclic) bond motifs is 1. The third kappa shape index (κ3) is 3.64. The Balaban J connectivity index is 1.76. The number of aromatic carboxylic acids is 1. The number of aromatic nitrogens is 3. The molecule has 0 aliphatic rings. The average molecular weight is 435 g/mol. The Morgan fingerprint density at radius 2 is 1.68 bits per heavy atom. The van der Waals surface area contributed by atoms with Crippen molar-refractivity contribution in [2.24, 2.45) is 0 Å². The van der Waals surface area contributed by atoms with Crippen molar-refractivity contribution >= 4 is 34.1 Å². The Kier molecular flexibility index (Phi) is 5.20. The van der Waals surface area contributed by atoms with Crippen molar-refractivity contribution in [2.75, 3.05) is 0 Å². The molecule has 2 heterocycles. The molecule has 0 saturated heterocycles. The van der Waals surface area contributed by atoms with E-state index in [0.29, 0.717) is 16.3 Å².